The van der Waals surface area contributed by atoms with E-state index in [1.165, 1.54) is 0 Å². The topological polar surface area (TPSA) is 66.5 Å². The zero-order chi connectivity index (χ0) is 18.6. The lowest BCUT2D eigenvalue weighted by molar-refractivity contribution is 0.102. The molecular weight excluding hydrogens is 416 g/mol. The second-order valence-electron chi connectivity index (χ2n) is 6.37. The first kappa shape index (κ1) is 19.1. The molecule has 5 nitrogen and oxygen atoms in total. The van der Waals surface area contributed by atoms with Crippen molar-refractivity contribution >= 4 is 37.5 Å². The highest BCUT2D eigenvalue weighted by Gasteiger charge is 2.24. The Bertz CT molecular complexity index is 859. The number of hydrogen-bond acceptors (Lipinski definition) is 3. The highest BCUT2D eigenvalue weighted by molar-refractivity contribution is 9.10. The van der Waals surface area contributed by atoms with Gasteiger partial charge in [-0.25, -0.2) is 12.7 Å². The van der Waals surface area contributed by atoms with Crippen LogP contribution in [0.25, 0.3) is 0 Å². The quantitative estimate of drug-likeness (QED) is 0.769. The molecule has 0 atom stereocenters. The van der Waals surface area contributed by atoms with Crippen molar-refractivity contribution in [2.75, 3.05) is 18.4 Å². The standard InChI is InChI=1S/C19H21BrN2O3S/c20-17-8-10-18(11-9-17)21-19(23)16-6-4-15(5-7-16)14-26(24,25)22-12-2-1-3-13-22/h4-11H,1-3,12-14H2,(H,21,23). The fraction of sp³-hybridized carbons (Fsp3) is 0.316. The van der Waals surface area contributed by atoms with E-state index in [2.05, 4.69) is 21.2 Å². The lowest BCUT2D eigenvalue weighted by Gasteiger charge is -2.25. The fourth-order valence-electron chi connectivity index (χ4n) is 2.93. The largest absolute Gasteiger partial charge is 0.322 e. The molecule has 3 rings (SSSR count). The lowest BCUT2D eigenvalue weighted by Crippen LogP contribution is -2.36. The van der Waals surface area contributed by atoms with E-state index in [-0.39, 0.29) is 11.7 Å². The average Bonchev–Trinajstić information content (AvgIpc) is 2.64. The summed E-state index contributed by atoms with van der Waals surface area (Å²) in [6.45, 7) is 1.21. The molecule has 0 saturated carbocycles. The number of carbonyl (C=O) groups is 1. The van der Waals surface area contributed by atoms with Gasteiger partial charge in [-0.3, -0.25) is 4.79 Å². The maximum atomic E-state index is 12.5. The van der Waals surface area contributed by atoms with Crippen molar-refractivity contribution in [1.29, 1.82) is 0 Å². The monoisotopic (exact) mass is 436 g/mol. The van der Waals surface area contributed by atoms with Crippen molar-refractivity contribution in [1.82, 2.24) is 4.31 Å². The van der Waals surface area contributed by atoms with Crippen LogP contribution >= 0.6 is 15.9 Å². The van der Waals surface area contributed by atoms with Gasteiger partial charge in [-0.15, -0.1) is 0 Å². The van der Waals surface area contributed by atoms with E-state index in [0.29, 0.717) is 29.9 Å². The van der Waals surface area contributed by atoms with Gasteiger partial charge in [0.05, 0.1) is 5.75 Å². The second-order valence-corrected chi connectivity index (χ2v) is 9.26. The summed E-state index contributed by atoms with van der Waals surface area (Å²) in [5.74, 6) is -0.250. The number of rotatable bonds is 5. The van der Waals surface area contributed by atoms with Gasteiger partial charge in [-0.2, -0.15) is 0 Å². The molecule has 0 bridgehead atoms. The molecule has 0 aromatic heterocycles. The van der Waals surface area contributed by atoms with Gasteiger partial charge in [0.15, 0.2) is 0 Å². The Hall–Kier alpha value is -1.70. The first-order valence-electron chi connectivity index (χ1n) is 8.58. The zero-order valence-electron chi connectivity index (χ0n) is 14.3. The number of hydrogen-bond donors (Lipinski definition) is 1. The molecule has 1 aliphatic heterocycles. The van der Waals surface area contributed by atoms with Crippen LogP contribution in [-0.2, 0) is 15.8 Å². The Morgan fingerprint density at radius 1 is 0.962 bits per heavy atom. The third-order valence-corrected chi connectivity index (χ3v) is 6.75. The summed E-state index contributed by atoms with van der Waals surface area (Å²) in [5.41, 5.74) is 1.89. The van der Waals surface area contributed by atoms with Crippen molar-refractivity contribution in [3.63, 3.8) is 0 Å². The minimum atomic E-state index is -3.29. The molecule has 7 heteroatoms. The van der Waals surface area contributed by atoms with Gasteiger partial charge in [-0.05, 0) is 54.8 Å². The van der Waals surface area contributed by atoms with Crippen molar-refractivity contribution < 1.29 is 13.2 Å². The summed E-state index contributed by atoms with van der Waals surface area (Å²) in [7, 11) is -3.29. The van der Waals surface area contributed by atoms with Gasteiger partial charge in [0, 0.05) is 28.8 Å². The summed E-state index contributed by atoms with van der Waals surface area (Å²) in [4.78, 5) is 12.3. The molecule has 1 N–H and O–H groups in total. The maximum absolute atomic E-state index is 12.5. The predicted molar refractivity (Wildman–Crippen MR) is 107 cm³/mol. The van der Waals surface area contributed by atoms with Crippen LogP contribution in [0.2, 0.25) is 0 Å². The molecule has 1 saturated heterocycles. The van der Waals surface area contributed by atoms with Crippen LogP contribution in [0.5, 0.6) is 0 Å². The van der Waals surface area contributed by atoms with Crippen molar-refractivity contribution in [3.05, 3.63) is 64.1 Å². The highest BCUT2D eigenvalue weighted by Crippen LogP contribution is 2.18. The summed E-state index contributed by atoms with van der Waals surface area (Å²) >= 11 is 3.35. The second kappa shape index (κ2) is 8.33. The number of nitrogens with one attached hydrogen (secondary N) is 1. The van der Waals surface area contributed by atoms with Crippen LogP contribution in [0.3, 0.4) is 0 Å². The van der Waals surface area contributed by atoms with Gasteiger partial charge in [0.1, 0.15) is 0 Å². The molecule has 0 aliphatic carbocycles. The van der Waals surface area contributed by atoms with Gasteiger partial charge in [-0.1, -0.05) is 34.5 Å². The Morgan fingerprint density at radius 2 is 1.58 bits per heavy atom. The van der Waals surface area contributed by atoms with Crippen LogP contribution in [0, 0.1) is 0 Å². The van der Waals surface area contributed by atoms with E-state index in [1.54, 1.807) is 28.6 Å². The Morgan fingerprint density at radius 3 is 2.19 bits per heavy atom. The Kier molecular flexibility index (Phi) is 6.11. The number of piperidine rings is 1. The van der Waals surface area contributed by atoms with E-state index in [9.17, 15) is 13.2 Å². The van der Waals surface area contributed by atoms with Gasteiger partial charge in [0.2, 0.25) is 10.0 Å². The third-order valence-electron chi connectivity index (χ3n) is 4.38. The molecule has 1 amide bonds. The molecule has 0 spiro atoms. The minimum absolute atomic E-state index is 0.0262. The highest BCUT2D eigenvalue weighted by atomic mass is 79.9. The van der Waals surface area contributed by atoms with Gasteiger partial charge < -0.3 is 5.32 Å². The molecule has 138 valence electrons. The SMILES string of the molecule is O=C(Nc1ccc(Br)cc1)c1ccc(CS(=O)(=O)N2CCCCC2)cc1. The number of anilines is 1. The normalized spacial score (nSPS) is 15.6. The van der Waals surface area contributed by atoms with E-state index in [0.717, 1.165) is 23.7 Å². The summed E-state index contributed by atoms with van der Waals surface area (Å²) in [6, 6.07) is 14.1. The third kappa shape index (κ3) is 4.93. The van der Waals surface area contributed by atoms with E-state index >= 15 is 0 Å². The molecule has 0 unspecified atom stereocenters. The Balaban J connectivity index is 1.64. The van der Waals surface area contributed by atoms with Crippen LogP contribution in [0.4, 0.5) is 5.69 Å². The Labute approximate surface area is 162 Å². The first-order valence-corrected chi connectivity index (χ1v) is 11.0. The molecule has 1 heterocycles. The van der Waals surface area contributed by atoms with Crippen molar-refractivity contribution in [2.45, 2.75) is 25.0 Å². The van der Waals surface area contributed by atoms with Gasteiger partial charge >= 0.3 is 0 Å². The van der Waals surface area contributed by atoms with Gasteiger partial charge in [0.25, 0.3) is 5.91 Å². The van der Waals surface area contributed by atoms with E-state index < -0.39 is 10.0 Å². The van der Waals surface area contributed by atoms with Crippen molar-refractivity contribution in [2.24, 2.45) is 0 Å². The van der Waals surface area contributed by atoms with E-state index in [4.69, 9.17) is 0 Å². The number of carbonyl (C=O) groups excluding carboxylic acids is 1. The van der Waals surface area contributed by atoms with E-state index in [1.807, 2.05) is 24.3 Å². The smallest absolute Gasteiger partial charge is 0.255 e. The van der Waals surface area contributed by atoms with Crippen LogP contribution < -0.4 is 5.32 Å². The lowest BCUT2D eigenvalue weighted by atomic mass is 10.1. The van der Waals surface area contributed by atoms with Crippen LogP contribution in [-0.4, -0.2) is 31.7 Å². The van der Waals surface area contributed by atoms with Crippen LogP contribution in [0.15, 0.2) is 53.0 Å². The number of sulfonamides is 1. The zero-order valence-corrected chi connectivity index (χ0v) is 16.7. The molecular formula is C19H21BrN2O3S. The molecule has 1 fully saturated rings. The minimum Gasteiger partial charge on any atom is -0.322 e. The molecule has 0 radical (unpaired) electrons. The summed E-state index contributed by atoms with van der Waals surface area (Å²) < 4.78 is 27.5. The summed E-state index contributed by atoms with van der Waals surface area (Å²) in [5, 5.41) is 2.82. The number of halogens is 1. The molecule has 2 aromatic carbocycles. The van der Waals surface area contributed by atoms with Crippen LogP contribution in [0.1, 0.15) is 35.2 Å². The fourth-order valence-corrected chi connectivity index (χ4v) is 4.81. The van der Waals surface area contributed by atoms with Crippen molar-refractivity contribution in [3.8, 4) is 0 Å². The first-order chi connectivity index (χ1) is 12.4. The summed E-state index contributed by atoms with van der Waals surface area (Å²) in [6.07, 6.45) is 2.94. The molecule has 1 aliphatic rings. The maximum Gasteiger partial charge on any atom is 0.255 e. The predicted octanol–water partition coefficient (Wildman–Crippen LogP) is 4.02. The number of amides is 1. The molecule has 2 aromatic rings. The molecule has 26 heavy (non-hydrogen) atoms. The average molecular weight is 437 g/mol. The number of benzene rings is 2. The number of nitrogens with zero attached hydrogens (tertiary/aromatic N) is 1.